The minimum absolute atomic E-state index is 0.0719. The van der Waals surface area contributed by atoms with E-state index in [0.717, 1.165) is 45.0 Å². The molecule has 1 aliphatic heterocycles. The summed E-state index contributed by atoms with van der Waals surface area (Å²) in [5.74, 6) is 0.859. The molecule has 0 aromatic carbocycles. The summed E-state index contributed by atoms with van der Waals surface area (Å²) in [6, 6.07) is 0. The molecule has 0 unspecified atom stereocenters. The van der Waals surface area contributed by atoms with Gasteiger partial charge in [0, 0.05) is 26.2 Å². The Balaban J connectivity index is 1.96. The molecule has 0 radical (unpaired) electrons. The average Bonchev–Trinajstić information content (AvgIpc) is 2.65. The van der Waals surface area contributed by atoms with E-state index in [1.807, 2.05) is 0 Å². The Bertz CT molecular complexity index is 358. The van der Waals surface area contributed by atoms with E-state index in [0.29, 0.717) is 5.69 Å². The highest BCUT2D eigenvalue weighted by Gasteiger charge is 2.15. The van der Waals surface area contributed by atoms with Gasteiger partial charge in [0.05, 0.1) is 31.3 Å². The number of aliphatic hydroxyl groups is 2. The summed E-state index contributed by atoms with van der Waals surface area (Å²) in [5.41, 5.74) is 0.593. The van der Waals surface area contributed by atoms with Crippen LogP contribution in [0.5, 0.6) is 0 Å². The van der Waals surface area contributed by atoms with Gasteiger partial charge in [-0.05, 0) is 13.0 Å². The highest BCUT2D eigenvalue weighted by molar-refractivity contribution is 5.35. The van der Waals surface area contributed by atoms with Gasteiger partial charge in [0.15, 0.2) is 0 Å². The largest absolute Gasteiger partial charge is 0.395 e. The highest BCUT2D eigenvalue weighted by Crippen LogP contribution is 2.12. The number of aromatic nitrogens is 2. The van der Waals surface area contributed by atoms with Crippen LogP contribution in [0.4, 0.5) is 5.82 Å². The van der Waals surface area contributed by atoms with Crippen molar-refractivity contribution in [3.8, 4) is 0 Å². The maximum Gasteiger partial charge on any atom is 0.147 e. The fourth-order valence-corrected chi connectivity index (χ4v) is 2.16. The van der Waals surface area contributed by atoms with Crippen LogP contribution in [0.1, 0.15) is 12.1 Å². The molecule has 0 bridgehead atoms. The number of nitrogens with zero attached hydrogens (tertiary/aromatic N) is 4. The number of aliphatic hydroxyl groups excluding tert-OH is 2. The lowest BCUT2D eigenvalue weighted by atomic mass is 10.4. The summed E-state index contributed by atoms with van der Waals surface area (Å²) in [6.45, 7) is 4.68. The third kappa shape index (κ3) is 3.38. The second kappa shape index (κ2) is 6.63. The molecular weight excluding hydrogens is 232 g/mol. The van der Waals surface area contributed by atoms with E-state index in [4.69, 9.17) is 10.2 Å². The minimum Gasteiger partial charge on any atom is -0.395 e. The van der Waals surface area contributed by atoms with E-state index in [2.05, 4.69) is 19.8 Å². The van der Waals surface area contributed by atoms with Crippen LogP contribution in [0, 0.1) is 0 Å². The van der Waals surface area contributed by atoms with E-state index >= 15 is 0 Å². The van der Waals surface area contributed by atoms with Crippen LogP contribution in [0.3, 0.4) is 0 Å². The van der Waals surface area contributed by atoms with Gasteiger partial charge in [0.25, 0.3) is 0 Å². The van der Waals surface area contributed by atoms with Crippen molar-refractivity contribution in [1.82, 2.24) is 14.9 Å². The molecule has 1 saturated heterocycles. The van der Waals surface area contributed by atoms with E-state index in [9.17, 15) is 0 Å². The first-order chi connectivity index (χ1) is 8.83. The monoisotopic (exact) mass is 252 g/mol. The molecule has 6 nitrogen and oxygen atoms in total. The van der Waals surface area contributed by atoms with E-state index < -0.39 is 0 Å². The molecule has 2 rings (SSSR count). The van der Waals surface area contributed by atoms with Gasteiger partial charge >= 0.3 is 0 Å². The first-order valence-corrected chi connectivity index (χ1v) is 6.33. The van der Waals surface area contributed by atoms with Crippen molar-refractivity contribution < 1.29 is 10.2 Å². The molecule has 2 heterocycles. The lowest BCUT2D eigenvalue weighted by Gasteiger charge is -2.22. The Labute approximate surface area is 107 Å². The van der Waals surface area contributed by atoms with Crippen molar-refractivity contribution >= 4 is 5.82 Å². The molecule has 0 atom stereocenters. The van der Waals surface area contributed by atoms with Crippen LogP contribution in [0.2, 0.25) is 0 Å². The molecule has 0 aliphatic carbocycles. The van der Waals surface area contributed by atoms with Crippen molar-refractivity contribution in [3.63, 3.8) is 0 Å². The van der Waals surface area contributed by atoms with Gasteiger partial charge in [-0.1, -0.05) is 0 Å². The normalized spacial score (nSPS) is 17.8. The summed E-state index contributed by atoms with van der Waals surface area (Å²) in [7, 11) is 0. The summed E-state index contributed by atoms with van der Waals surface area (Å²) < 4.78 is 0. The van der Waals surface area contributed by atoms with Gasteiger partial charge in [-0.3, -0.25) is 9.88 Å². The average molecular weight is 252 g/mol. The first kappa shape index (κ1) is 13.2. The van der Waals surface area contributed by atoms with Crippen molar-refractivity contribution in [2.45, 2.75) is 13.0 Å². The van der Waals surface area contributed by atoms with Crippen molar-refractivity contribution in [2.24, 2.45) is 0 Å². The Morgan fingerprint density at radius 1 is 1.06 bits per heavy atom. The van der Waals surface area contributed by atoms with Crippen molar-refractivity contribution in [3.05, 3.63) is 18.1 Å². The van der Waals surface area contributed by atoms with Crippen LogP contribution in [-0.4, -0.2) is 64.4 Å². The lowest BCUT2D eigenvalue weighted by Crippen LogP contribution is -2.32. The Kier molecular flexibility index (Phi) is 4.86. The zero-order valence-corrected chi connectivity index (χ0v) is 10.5. The molecule has 0 amide bonds. The quantitative estimate of drug-likeness (QED) is 0.751. The number of hydrogen-bond donors (Lipinski definition) is 2. The Morgan fingerprint density at radius 3 is 2.61 bits per heavy atom. The van der Waals surface area contributed by atoms with Gasteiger partial charge < -0.3 is 15.1 Å². The fraction of sp³-hybridized carbons (Fsp3) is 0.667. The topological polar surface area (TPSA) is 72.7 Å². The predicted octanol–water partition coefficient (Wildman–Crippen LogP) is -0.527. The minimum atomic E-state index is -0.0719. The first-order valence-electron chi connectivity index (χ1n) is 6.33. The molecule has 1 aromatic rings. The summed E-state index contributed by atoms with van der Waals surface area (Å²) in [6.07, 6.45) is 4.39. The van der Waals surface area contributed by atoms with Crippen LogP contribution in [-0.2, 0) is 6.61 Å². The second-order valence-corrected chi connectivity index (χ2v) is 4.43. The zero-order chi connectivity index (χ0) is 12.8. The molecule has 1 aromatic heterocycles. The van der Waals surface area contributed by atoms with E-state index in [1.54, 1.807) is 12.4 Å². The smallest absolute Gasteiger partial charge is 0.147 e. The molecule has 100 valence electrons. The summed E-state index contributed by atoms with van der Waals surface area (Å²) in [5, 5.41) is 17.9. The van der Waals surface area contributed by atoms with Crippen LogP contribution < -0.4 is 4.90 Å². The van der Waals surface area contributed by atoms with Crippen LogP contribution in [0.15, 0.2) is 12.4 Å². The Morgan fingerprint density at radius 2 is 1.94 bits per heavy atom. The van der Waals surface area contributed by atoms with Gasteiger partial charge in [-0.2, -0.15) is 0 Å². The number of hydrogen-bond acceptors (Lipinski definition) is 6. The van der Waals surface area contributed by atoms with Gasteiger partial charge in [-0.25, -0.2) is 4.98 Å². The molecule has 2 N–H and O–H groups in total. The zero-order valence-electron chi connectivity index (χ0n) is 10.5. The molecule has 1 aliphatic rings. The second-order valence-electron chi connectivity index (χ2n) is 4.43. The number of rotatable bonds is 4. The maximum atomic E-state index is 8.95. The Hall–Kier alpha value is -1.24. The standard InChI is InChI=1S/C12H20N4O2/c17-7-6-15-2-1-3-16(5-4-15)12-9-13-11(10-18)8-14-12/h8-9,17-18H,1-7,10H2. The SMILES string of the molecule is OCCN1CCCN(c2cnc(CO)cn2)CC1. The third-order valence-electron chi connectivity index (χ3n) is 3.18. The molecule has 0 saturated carbocycles. The predicted molar refractivity (Wildman–Crippen MR) is 68.3 cm³/mol. The van der Waals surface area contributed by atoms with Crippen molar-refractivity contribution in [1.29, 1.82) is 0 Å². The number of β-amino-alcohol motifs (C(OH)–C–C–N with tert-alkyl or cyclic N) is 1. The third-order valence-corrected chi connectivity index (χ3v) is 3.18. The molecule has 6 heteroatoms. The summed E-state index contributed by atoms with van der Waals surface area (Å²) >= 11 is 0. The molecule has 0 spiro atoms. The van der Waals surface area contributed by atoms with Crippen LogP contribution >= 0.6 is 0 Å². The van der Waals surface area contributed by atoms with Crippen molar-refractivity contribution in [2.75, 3.05) is 44.2 Å². The molecule has 1 fully saturated rings. The fourth-order valence-electron chi connectivity index (χ4n) is 2.16. The molecule has 18 heavy (non-hydrogen) atoms. The summed E-state index contributed by atoms with van der Waals surface area (Å²) in [4.78, 5) is 12.9. The van der Waals surface area contributed by atoms with Crippen LogP contribution in [0.25, 0.3) is 0 Å². The lowest BCUT2D eigenvalue weighted by molar-refractivity contribution is 0.204. The van der Waals surface area contributed by atoms with Gasteiger partial charge in [0.2, 0.25) is 0 Å². The number of anilines is 1. The molecular formula is C12H20N4O2. The maximum absolute atomic E-state index is 8.95. The van der Waals surface area contributed by atoms with E-state index in [1.165, 1.54) is 0 Å². The van der Waals surface area contributed by atoms with Gasteiger partial charge in [0.1, 0.15) is 5.82 Å². The van der Waals surface area contributed by atoms with Gasteiger partial charge in [-0.15, -0.1) is 0 Å². The highest BCUT2D eigenvalue weighted by atomic mass is 16.3. The van der Waals surface area contributed by atoms with E-state index in [-0.39, 0.29) is 13.2 Å².